The molecule has 1 aliphatic rings. The standard InChI is InChI=1S/C16H25NO/c1-3-13-8-10-15(11-9-13)18-16-7-5-6-14(12-16)17-4-2/h8-11,14,16-17H,3-7,12H2,1-2H3. The fourth-order valence-electron chi connectivity index (χ4n) is 2.72. The van der Waals surface area contributed by atoms with Crippen molar-refractivity contribution in [3.05, 3.63) is 29.8 Å². The topological polar surface area (TPSA) is 21.3 Å². The van der Waals surface area contributed by atoms with Crippen LogP contribution in [-0.4, -0.2) is 18.7 Å². The van der Waals surface area contributed by atoms with E-state index in [0.29, 0.717) is 12.1 Å². The third-order valence-corrected chi connectivity index (χ3v) is 3.75. The Bertz CT molecular complexity index is 345. The monoisotopic (exact) mass is 247 g/mol. The van der Waals surface area contributed by atoms with E-state index in [1.165, 1.54) is 24.8 Å². The van der Waals surface area contributed by atoms with Crippen LogP contribution in [0.4, 0.5) is 0 Å². The second kappa shape index (κ2) is 6.79. The van der Waals surface area contributed by atoms with Crippen LogP contribution in [0.1, 0.15) is 45.1 Å². The zero-order valence-electron chi connectivity index (χ0n) is 11.6. The maximum absolute atomic E-state index is 6.09. The summed E-state index contributed by atoms with van der Waals surface area (Å²) in [5.74, 6) is 1.02. The van der Waals surface area contributed by atoms with Crippen molar-refractivity contribution < 1.29 is 4.74 Å². The van der Waals surface area contributed by atoms with Gasteiger partial charge < -0.3 is 10.1 Å². The summed E-state index contributed by atoms with van der Waals surface area (Å²) in [4.78, 5) is 0. The Morgan fingerprint density at radius 3 is 2.61 bits per heavy atom. The minimum absolute atomic E-state index is 0.385. The van der Waals surface area contributed by atoms with Crippen LogP contribution in [-0.2, 0) is 6.42 Å². The molecule has 1 saturated carbocycles. The second-order valence-electron chi connectivity index (χ2n) is 5.16. The lowest BCUT2D eigenvalue weighted by atomic mass is 9.93. The summed E-state index contributed by atoms with van der Waals surface area (Å²) in [5, 5.41) is 3.54. The van der Waals surface area contributed by atoms with Crippen LogP contribution in [0.2, 0.25) is 0 Å². The molecule has 1 fully saturated rings. The minimum Gasteiger partial charge on any atom is -0.490 e. The second-order valence-corrected chi connectivity index (χ2v) is 5.16. The number of aryl methyl sites for hydroxylation is 1. The van der Waals surface area contributed by atoms with Crippen molar-refractivity contribution in [2.24, 2.45) is 0 Å². The van der Waals surface area contributed by atoms with E-state index < -0.39 is 0 Å². The molecule has 1 aliphatic carbocycles. The van der Waals surface area contributed by atoms with Crippen LogP contribution in [0, 0.1) is 0 Å². The molecule has 0 amide bonds. The third-order valence-electron chi connectivity index (χ3n) is 3.75. The van der Waals surface area contributed by atoms with Gasteiger partial charge in [0.1, 0.15) is 11.9 Å². The molecule has 2 nitrogen and oxygen atoms in total. The van der Waals surface area contributed by atoms with Gasteiger partial charge >= 0.3 is 0 Å². The summed E-state index contributed by atoms with van der Waals surface area (Å²) in [6, 6.07) is 9.19. The van der Waals surface area contributed by atoms with Gasteiger partial charge in [-0.15, -0.1) is 0 Å². The Morgan fingerprint density at radius 1 is 1.17 bits per heavy atom. The Morgan fingerprint density at radius 2 is 1.94 bits per heavy atom. The molecule has 100 valence electrons. The predicted molar refractivity (Wildman–Crippen MR) is 76.2 cm³/mol. The van der Waals surface area contributed by atoms with E-state index in [1.54, 1.807) is 0 Å². The molecule has 2 unspecified atom stereocenters. The van der Waals surface area contributed by atoms with Crippen molar-refractivity contribution in [3.8, 4) is 5.75 Å². The fraction of sp³-hybridized carbons (Fsp3) is 0.625. The van der Waals surface area contributed by atoms with Crippen LogP contribution in [0.25, 0.3) is 0 Å². The van der Waals surface area contributed by atoms with Crippen molar-refractivity contribution in [3.63, 3.8) is 0 Å². The molecule has 18 heavy (non-hydrogen) atoms. The smallest absolute Gasteiger partial charge is 0.119 e. The molecule has 0 bridgehead atoms. The van der Waals surface area contributed by atoms with E-state index in [2.05, 4.69) is 43.4 Å². The minimum atomic E-state index is 0.385. The number of hydrogen-bond acceptors (Lipinski definition) is 2. The van der Waals surface area contributed by atoms with E-state index in [9.17, 15) is 0 Å². The van der Waals surface area contributed by atoms with Gasteiger partial charge in [-0.05, 0) is 56.3 Å². The molecule has 2 heteroatoms. The highest BCUT2D eigenvalue weighted by Crippen LogP contribution is 2.24. The number of rotatable bonds is 5. The highest BCUT2D eigenvalue weighted by Gasteiger charge is 2.22. The highest BCUT2D eigenvalue weighted by atomic mass is 16.5. The molecular formula is C16H25NO. The van der Waals surface area contributed by atoms with Crippen LogP contribution < -0.4 is 10.1 Å². The highest BCUT2D eigenvalue weighted by molar-refractivity contribution is 5.27. The lowest BCUT2D eigenvalue weighted by Crippen LogP contribution is -2.37. The first-order valence-corrected chi connectivity index (χ1v) is 7.30. The molecule has 0 aromatic heterocycles. The molecule has 1 aromatic carbocycles. The third kappa shape index (κ3) is 3.74. The van der Waals surface area contributed by atoms with Gasteiger partial charge in [-0.1, -0.05) is 26.0 Å². The maximum Gasteiger partial charge on any atom is 0.119 e. The molecule has 0 heterocycles. The summed E-state index contributed by atoms with van der Waals surface area (Å²) in [7, 11) is 0. The first-order valence-electron chi connectivity index (χ1n) is 7.30. The van der Waals surface area contributed by atoms with E-state index in [1.807, 2.05) is 0 Å². The Kier molecular flexibility index (Phi) is 5.06. The van der Waals surface area contributed by atoms with Crippen molar-refractivity contribution in [2.45, 2.75) is 58.1 Å². The molecule has 1 N–H and O–H groups in total. The zero-order valence-corrected chi connectivity index (χ0v) is 11.6. The molecule has 0 aliphatic heterocycles. The van der Waals surface area contributed by atoms with E-state index in [-0.39, 0.29) is 0 Å². The van der Waals surface area contributed by atoms with Gasteiger partial charge in [0.15, 0.2) is 0 Å². The molecule has 0 saturated heterocycles. The van der Waals surface area contributed by atoms with Gasteiger partial charge in [0.25, 0.3) is 0 Å². The quantitative estimate of drug-likeness (QED) is 0.859. The van der Waals surface area contributed by atoms with Gasteiger partial charge in [0.2, 0.25) is 0 Å². The predicted octanol–water partition coefficient (Wildman–Crippen LogP) is 3.55. The number of nitrogens with one attached hydrogen (secondary N) is 1. The van der Waals surface area contributed by atoms with Crippen molar-refractivity contribution in [2.75, 3.05) is 6.54 Å². The summed E-state index contributed by atoms with van der Waals surface area (Å²) in [5.41, 5.74) is 1.37. The van der Waals surface area contributed by atoms with Gasteiger partial charge in [0.05, 0.1) is 0 Å². The molecule has 0 radical (unpaired) electrons. The number of ether oxygens (including phenoxy) is 1. The van der Waals surface area contributed by atoms with Gasteiger partial charge in [0, 0.05) is 6.04 Å². The normalized spacial score (nSPS) is 23.9. The summed E-state index contributed by atoms with van der Waals surface area (Å²) in [6.07, 6.45) is 6.38. The summed E-state index contributed by atoms with van der Waals surface area (Å²) >= 11 is 0. The van der Waals surface area contributed by atoms with E-state index >= 15 is 0 Å². The van der Waals surface area contributed by atoms with Crippen molar-refractivity contribution >= 4 is 0 Å². The molecule has 1 aromatic rings. The lowest BCUT2D eigenvalue weighted by Gasteiger charge is -2.30. The molecule has 2 rings (SSSR count). The number of hydrogen-bond donors (Lipinski definition) is 1. The Balaban J connectivity index is 1.87. The average molecular weight is 247 g/mol. The SMILES string of the molecule is CCNC1CCCC(Oc2ccc(CC)cc2)C1. The van der Waals surface area contributed by atoms with Crippen LogP contribution in [0.3, 0.4) is 0 Å². The number of benzene rings is 1. The van der Waals surface area contributed by atoms with Crippen molar-refractivity contribution in [1.82, 2.24) is 5.32 Å². The average Bonchev–Trinajstić information content (AvgIpc) is 2.40. The first kappa shape index (κ1) is 13.4. The summed E-state index contributed by atoms with van der Waals surface area (Å²) in [6.45, 7) is 5.41. The lowest BCUT2D eigenvalue weighted by molar-refractivity contribution is 0.135. The summed E-state index contributed by atoms with van der Waals surface area (Å²) < 4.78 is 6.09. The fourth-order valence-corrected chi connectivity index (χ4v) is 2.72. The molecule has 0 spiro atoms. The molecular weight excluding hydrogens is 222 g/mol. The zero-order chi connectivity index (χ0) is 12.8. The van der Waals surface area contributed by atoms with Gasteiger partial charge in [-0.3, -0.25) is 0 Å². The maximum atomic E-state index is 6.09. The van der Waals surface area contributed by atoms with Gasteiger partial charge in [-0.2, -0.15) is 0 Å². The van der Waals surface area contributed by atoms with Crippen LogP contribution in [0.5, 0.6) is 5.75 Å². The van der Waals surface area contributed by atoms with E-state index in [0.717, 1.165) is 25.1 Å². The van der Waals surface area contributed by atoms with Crippen LogP contribution in [0.15, 0.2) is 24.3 Å². The van der Waals surface area contributed by atoms with Gasteiger partial charge in [-0.25, -0.2) is 0 Å². The van der Waals surface area contributed by atoms with Crippen LogP contribution >= 0.6 is 0 Å². The Hall–Kier alpha value is -1.02. The Labute approximate surface area is 111 Å². The first-order chi connectivity index (χ1) is 8.81. The van der Waals surface area contributed by atoms with Crippen molar-refractivity contribution in [1.29, 1.82) is 0 Å². The largest absolute Gasteiger partial charge is 0.490 e. The molecule has 2 atom stereocenters. The van der Waals surface area contributed by atoms with E-state index in [4.69, 9.17) is 4.74 Å².